The van der Waals surface area contributed by atoms with Crippen LogP contribution >= 0.6 is 22.6 Å². The highest BCUT2D eigenvalue weighted by Crippen LogP contribution is 2.29. The van der Waals surface area contributed by atoms with Crippen molar-refractivity contribution < 1.29 is 9.63 Å². The van der Waals surface area contributed by atoms with Crippen LogP contribution in [0.25, 0.3) is 22.2 Å². The van der Waals surface area contributed by atoms with Gasteiger partial charge in [0.1, 0.15) is 14.9 Å². The fraction of sp³-hybridized carbons (Fsp3) is 0.238. The monoisotopic (exact) mass is 516 g/mol. The van der Waals surface area contributed by atoms with Crippen LogP contribution < -0.4 is 10.6 Å². The highest BCUT2D eigenvalue weighted by molar-refractivity contribution is 14.1. The van der Waals surface area contributed by atoms with Gasteiger partial charge in [0.15, 0.2) is 5.82 Å². The minimum atomic E-state index is -0.652. The van der Waals surface area contributed by atoms with E-state index in [4.69, 9.17) is 10.6 Å². The minimum Gasteiger partial charge on any atom is -0.382 e. The van der Waals surface area contributed by atoms with Crippen LogP contribution in [0.4, 0.5) is 5.82 Å². The predicted octanol–water partition coefficient (Wildman–Crippen LogP) is 3.53. The maximum atomic E-state index is 12.2. The summed E-state index contributed by atoms with van der Waals surface area (Å²) in [5, 5.41) is 13.5. The number of benzene rings is 2. The van der Waals surface area contributed by atoms with E-state index in [0.29, 0.717) is 17.4 Å². The quantitative estimate of drug-likeness (QED) is 0.417. The van der Waals surface area contributed by atoms with Crippen molar-refractivity contribution in [2.75, 3.05) is 5.73 Å². The molecule has 0 aliphatic rings. The fourth-order valence-corrected chi connectivity index (χ4v) is 3.57. The molecule has 8 nitrogen and oxygen atoms in total. The smallest absolute Gasteiger partial charge is 0.340 e. The lowest BCUT2D eigenvalue weighted by Gasteiger charge is -2.15. The first-order valence-corrected chi connectivity index (χ1v) is 10.5. The van der Waals surface area contributed by atoms with E-state index in [1.165, 1.54) is 4.85 Å². The third-order valence-electron chi connectivity index (χ3n) is 4.58. The van der Waals surface area contributed by atoms with Gasteiger partial charge in [-0.25, -0.2) is 9.48 Å². The Morgan fingerprint density at radius 2 is 1.90 bits per heavy atom. The van der Waals surface area contributed by atoms with Crippen LogP contribution in [0.2, 0.25) is 0 Å². The van der Waals surface area contributed by atoms with Crippen molar-refractivity contribution in [3.05, 3.63) is 57.8 Å². The van der Waals surface area contributed by atoms with E-state index in [9.17, 15) is 4.79 Å². The molecule has 0 atom stereocenters. The lowest BCUT2D eigenvalue weighted by Crippen LogP contribution is -2.31. The van der Waals surface area contributed by atoms with Crippen LogP contribution in [0.3, 0.4) is 0 Å². The van der Waals surface area contributed by atoms with Gasteiger partial charge in [-0.05, 0) is 61.1 Å². The number of nitrogen functional groups attached to an aromatic ring is 1. The van der Waals surface area contributed by atoms with Gasteiger partial charge in [-0.2, -0.15) is 0 Å². The summed E-state index contributed by atoms with van der Waals surface area (Å²) in [6.07, 6.45) is 0. The van der Waals surface area contributed by atoms with Crippen LogP contribution in [0.5, 0.6) is 0 Å². The normalized spacial score (nSPS) is 11.7. The summed E-state index contributed by atoms with van der Waals surface area (Å²) in [4.78, 5) is 18.8. The second-order valence-electron chi connectivity index (χ2n) is 7.99. The third-order valence-corrected chi connectivity index (χ3v) is 5.65. The Morgan fingerprint density at radius 3 is 2.60 bits per heavy atom. The highest BCUT2D eigenvalue weighted by atomic mass is 127. The van der Waals surface area contributed by atoms with Gasteiger partial charge >= 0.3 is 5.97 Å². The van der Waals surface area contributed by atoms with E-state index in [1.807, 2.05) is 41.1 Å². The largest absolute Gasteiger partial charge is 0.382 e. The number of hydrogen-bond donors (Lipinski definition) is 1. The third kappa shape index (κ3) is 3.89. The molecule has 4 rings (SSSR count). The Hall–Kier alpha value is -2.95. The zero-order chi connectivity index (χ0) is 21.5. The average Bonchev–Trinajstić information content (AvgIpc) is 3.22. The van der Waals surface area contributed by atoms with Crippen molar-refractivity contribution in [3.8, 4) is 11.3 Å². The molecule has 2 heterocycles. The van der Waals surface area contributed by atoms with Crippen LogP contribution in [0, 0.1) is 9.12 Å². The van der Waals surface area contributed by atoms with Crippen LogP contribution in [0.1, 0.15) is 26.3 Å². The van der Waals surface area contributed by atoms with Gasteiger partial charge in [0, 0.05) is 10.9 Å². The fourth-order valence-electron chi connectivity index (χ4n) is 2.88. The number of anilines is 1. The summed E-state index contributed by atoms with van der Waals surface area (Å²) < 4.78 is 2.77. The van der Waals surface area contributed by atoms with Crippen LogP contribution in [-0.2, 0) is 11.3 Å². The van der Waals surface area contributed by atoms with Gasteiger partial charge in [-0.15, -0.1) is 10.2 Å². The van der Waals surface area contributed by atoms with Crippen molar-refractivity contribution in [3.63, 3.8) is 0 Å². The van der Waals surface area contributed by atoms with Gasteiger partial charge in [-0.1, -0.05) is 46.5 Å². The van der Waals surface area contributed by atoms with E-state index >= 15 is 0 Å². The van der Waals surface area contributed by atoms with Crippen molar-refractivity contribution >= 4 is 45.3 Å². The summed E-state index contributed by atoms with van der Waals surface area (Å²) in [6.45, 7) is 5.98. The number of nitrogens with two attached hydrogens (primary N) is 1. The van der Waals surface area contributed by atoms with Gasteiger partial charge in [-0.3, -0.25) is 0 Å². The van der Waals surface area contributed by atoms with Gasteiger partial charge in [0.25, 0.3) is 0 Å². The number of carbonyl (C=O) groups excluding carboxylic acids is 1. The molecule has 30 heavy (non-hydrogen) atoms. The molecular formula is C21H21IN6O2. The molecule has 2 N–H and O–H groups in total. The molecule has 0 saturated carbocycles. The predicted molar refractivity (Wildman–Crippen MR) is 122 cm³/mol. The zero-order valence-corrected chi connectivity index (χ0v) is 19.0. The Morgan fingerprint density at radius 1 is 1.17 bits per heavy atom. The topological polar surface area (TPSA) is 101 Å². The summed E-state index contributed by atoms with van der Waals surface area (Å²) in [7, 11) is 0. The van der Waals surface area contributed by atoms with Gasteiger partial charge in [0.05, 0.1) is 12.0 Å². The summed E-state index contributed by atoms with van der Waals surface area (Å²) >= 11 is 2.25. The summed E-state index contributed by atoms with van der Waals surface area (Å²) in [6, 6.07) is 15.7. The molecule has 0 fully saturated rings. The molecule has 2 aromatic carbocycles. The number of halogens is 1. The molecule has 0 aliphatic heterocycles. The number of rotatable bonds is 4. The molecule has 154 valence electrons. The average molecular weight is 516 g/mol. The van der Waals surface area contributed by atoms with E-state index < -0.39 is 11.4 Å². The molecule has 0 amide bonds. The molecule has 0 unspecified atom stereocenters. The van der Waals surface area contributed by atoms with Crippen molar-refractivity contribution in [2.45, 2.75) is 27.3 Å². The van der Waals surface area contributed by atoms with Crippen LogP contribution in [0.15, 0.2) is 48.5 Å². The SMILES string of the molecule is CC(C)(C)C(=O)On1nc(N)c2cc(-c3nnn(Cc4ccccc4)c3I)ccc21. The van der Waals surface area contributed by atoms with Crippen molar-refractivity contribution in [1.82, 2.24) is 24.9 Å². The first-order valence-electron chi connectivity index (χ1n) is 9.38. The minimum absolute atomic E-state index is 0.278. The Balaban J connectivity index is 1.66. The number of aromatic nitrogens is 5. The Labute approximate surface area is 187 Å². The summed E-state index contributed by atoms with van der Waals surface area (Å²) in [5.74, 6) is -0.116. The number of hydrogen-bond acceptors (Lipinski definition) is 6. The maximum absolute atomic E-state index is 12.2. The standard InChI is InChI=1S/C21H21IN6O2/c1-21(2,3)20(29)30-28-16-10-9-14(11-15(16)19(23)25-28)17-18(22)27(26-24-17)12-13-7-5-4-6-8-13/h4-11H,12H2,1-3H3,(H2,23,25). The number of nitrogens with zero attached hydrogens (tertiary/aromatic N) is 5. The molecule has 0 radical (unpaired) electrons. The van der Waals surface area contributed by atoms with E-state index in [0.717, 1.165) is 20.5 Å². The van der Waals surface area contributed by atoms with Crippen molar-refractivity contribution in [2.24, 2.45) is 5.41 Å². The first kappa shape index (κ1) is 20.3. The molecular weight excluding hydrogens is 495 g/mol. The lowest BCUT2D eigenvalue weighted by atomic mass is 9.98. The molecule has 0 bridgehead atoms. The van der Waals surface area contributed by atoms with E-state index in [2.05, 4.69) is 50.1 Å². The number of carbonyl (C=O) groups is 1. The maximum Gasteiger partial charge on any atom is 0.340 e. The van der Waals surface area contributed by atoms with Gasteiger partial charge in [0.2, 0.25) is 0 Å². The van der Waals surface area contributed by atoms with Crippen LogP contribution in [-0.4, -0.2) is 30.9 Å². The van der Waals surface area contributed by atoms with E-state index in [1.54, 1.807) is 20.8 Å². The number of fused-ring (bicyclic) bond motifs is 1. The zero-order valence-electron chi connectivity index (χ0n) is 16.8. The highest BCUT2D eigenvalue weighted by Gasteiger charge is 2.26. The molecule has 0 saturated heterocycles. The van der Waals surface area contributed by atoms with E-state index in [-0.39, 0.29) is 5.82 Å². The molecule has 9 heteroatoms. The Kier molecular flexibility index (Phi) is 5.22. The molecule has 0 aliphatic carbocycles. The van der Waals surface area contributed by atoms with Gasteiger partial charge < -0.3 is 10.6 Å². The molecule has 2 aromatic heterocycles. The molecule has 0 spiro atoms. The van der Waals surface area contributed by atoms with Crippen molar-refractivity contribution in [1.29, 1.82) is 0 Å². The second-order valence-corrected chi connectivity index (χ2v) is 9.01. The summed E-state index contributed by atoms with van der Waals surface area (Å²) in [5.41, 5.74) is 8.81. The first-order chi connectivity index (χ1) is 14.2. The lowest BCUT2D eigenvalue weighted by molar-refractivity contribution is -0.154. The Bertz CT molecular complexity index is 1220. The second kappa shape index (κ2) is 7.71. The molecule has 4 aromatic rings.